The second-order valence-corrected chi connectivity index (χ2v) is 4.97. The fraction of sp³-hybridized carbons (Fsp3) is 0.417. The van der Waals surface area contributed by atoms with E-state index >= 15 is 0 Å². The van der Waals surface area contributed by atoms with Crippen LogP contribution in [0.1, 0.15) is 19.2 Å². The molecule has 0 radical (unpaired) electrons. The number of nitrogen functional groups attached to an aromatic ring is 1. The summed E-state index contributed by atoms with van der Waals surface area (Å²) in [6.07, 6.45) is 0.899. The highest BCUT2D eigenvalue weighted by Crippen LogP contribution is 2.18. The number of hydrogen-bond donors (Lipinski definition) is 2. The molecule has 0 aliphatic heterocycles. The van der Waals surface area contributed by atoms with E-state index in [-0.39, 0.29) is 12.0 Å². The SMILES string of the molecule is CCC(COc1cccs1)Nc1nc(C)nc(N)n1. The number of aromatic nitrogens is 3. The lowest BCUT2D eigenvalue weighted by Crippen LogP contribution is -2.27. The highest BCUT2D eigenvalue weighted by Gasteiger charge is 2.10. The molecule has 1 atom stereocenters. The van der Waals surface area contributed by atoms with Gasteiger partial charge in [0.2, 0.25) is 11.9 Å². The highest BCUT2D eigenvalue weighted by molar-refractivity contribution is 7.11. The largest absolute Gasteiger partial charge is 0.482 e. The van der Waals surface area contributed by atoms with Gasteiger partial charge in [0.25, 0.3) is 0 Å². The van der Waals surface area contributed by atoms with Gasteiger partial charge in [-0.25, -0.2) is 0 Å². The minimum atomic E-state index is 0.128. The monoisotopic (exact) mass is 279 g/mol. The molecule has 0 amide bonds. The van der Waals surface area contributed by atoms with E-state index in [1.807, 2.05) is 17.5 Å². The molecule has 2 aromatic rings. The van der Waals surface area contributed by atoms with Crippen molar-refractivity contribution in [2.45, 2.75) is 26.3 Å². The molecule has 0 fully saturated rings. The first-order valence-electron chi connectivity index (χ1n) is 6.08. The zero-order chi connectivity index (χ0) is 13.7. The summed E-state index contributed by atoms with van der Waals surface area (Å²) in [7, 11) is 0. The standard InChI is InChI=1S/C12H17N5OS/c1-3-9(7-18-10-5-4-6-19-10)16-12-15-8(2)14-11(13)17-12/h4-6,9H,3,7H2,1-2H3,(H3,13,14,15,16,17). The van der Waals surface area contributed by atoms with Crippen LogP contribution >= 0.6 is 11.3 Å². The zero-order valence-electron chi connectivity index (χ0n) is 11.0. The zero-order valence-corrected chi connectivity index (χ0v) is 11.8. The molecule has 0 bridgehead atoms. The molecular weight excluding hydrogens is 262 g/mol. The molecule has 7 heteroatoms. The van der Waals surface area contributed by atoms with Crippen molar-refractivity contribution in [3.8, 4) is 5.06 Å². The summed E-state index contributed by atoms with van der Waals surface area (Å²) in [5.74, 6) is 1.32. The number of nitrogens with zero attached hydrogens (tertiary/aromatic N) is 3. The maximum Gasteiger partial charge on any atom is 0.228 e. The summed E-state index contributed by atoms with van der Waals surface area (Å²) in [6, 6.07) is 4.04. The van der Waals surface area contributed by atoms with Crippen LogP contribution in [-0.4, -0.2) is 27.6 Å². The van der Waals surface area contributed by atoms with Crippen LogP contribution in [0.15, 0.2) is 17.5 Å². The van der Waals surface area contributed by atoms with Gasteiger partial charge in [0, 0.05) is 0 Å². The average molecular weight is 279 g/mol. The number of aryl methyl sites for hydroxylation is 1. The maximum absolute atomic E-state index is 5.69. The van der Waals surface area contributed by atoms with Crippen LogP contribution in [0.2, 0.25) is 0 Å². The summed E-state index contributed by atoms with van der Waals surface area (Å²) >= 11 is 1.58. The van der Waals surface area contributed by atoms with Gasteiger partial charge in [-0.05, 0) is 30.9 Å². The molecule has 0 aliphatic rings. The van der Waals surface area contributed by atoms with Crippen LogP contribution < -0.4 is 15.8 Å². The quantitative estimate of drug-likeness (QED) is 0.842. The van der Waals surface area contributed by atoms with Gasteiger partial charge < -0.3 is 15.8 Å². The van der Waals surface area contributed by atoms with E-state index in [9.17, 15) is 0 Å². The van der Waals surface area contributed by atoms with E-state index in [1.165, 1.54) is 0 Å². The van der Waals surface area contributed by atoms with Gasteiger partial charge in [-0.2, -0.15) is 15.0 Å². The minimum absolute atomic E-state index is 0.128. The van der Waals surface area contributed by atoms with Gasteiger partial charge in [-0.15, -0.1) is 11.3 Å². The first-order valence-corrected chi connectivity index (χ1v) is 6.96. The fourth-order valence-electron chi connectivity index (χ4n) is 1.54. The molecule has 0 saturated carbocycles. The lowest BCUT2D eigenvalue weighted by molar-refractivity contribution is 0.301. The predicted molar refractivity (Wildman–Crippen MR) is 76.5 cm³/mol. The average Bonchev–Trinajstić information content (AvgIpc) is 2.86. The third-order valence-corrected chi connectivity index (χ3v) is 3.29. The Kier molecular flexibility index (Phi) is 4.51. The lowest BCUT2D eigenvalue weighted by atomic mass is 10.2. The second-order valence-electron chi connectivity index (χ2n) is 4.06. The van der Waals surface area contributed by atoms with E-state index in [1.54, 1.807) is 18.3 Å². The van der Waals surface area contributed by atoms with E-state index in [0.29, 0.717) is 18.4 Å². The molecule has 3 N–H and O–H groups in total. The van der Waals surface area contributed by atoms with Crippen LogP contribution in [0, 0.1) is 6.92 Å². The summed E-state index contributed by atoms with van der Waals surface area (Å²) in [5, 5.41) is 6.10. The third kappa shape index (κ3) is 4.06. The Labute approximate surface area is 116 Å². The second kappa shape index (κ2) is 6.33. The molecule has 0 saturated heterocycles. The number of nitrogens with two attached hydrogens (primary N) is 1. The van der Waals surface area contributed by atoms with Crippen molar-refractivity contribution >= 4 is 23.2 Å². The van der Waals surface area contributed by atoms with Crippen molar-refractivity contribution in [2.75, 3.05) is 17.7 Å². The molecule has 0 aliphatic carbocycles. The number of rotatable bonds is 6. The van der Waals surface area contributed by atoms with Crippen LogP contribution in [0.25, 0.3) is 0 Å². The molecule has 0 spiro atoms. The maximum atomic E-state index is 5.69. The first-order chi connectivity index (χ1) is 9.17. The first kappa shape index (κ1) is 13.5. The van der Waals surface area contributed by atoms with Crippen LogP contribution in [0.3, 0.4) is 0 Å². The summed E-state index contributed by atoms with van der Waals surface area (Å²) < 4.78 is 5.69. The number of hydrogen-bond acceptors (Lipinski definition) is 7. The van der Waals surface area contributed by atoms with Crippen molar-refractivity contribution in [1.29, 1.82) is 0 Å². The topological polar surface area (TPSA) is 86.0 Å². The smallest absolute Gasteiger partial charge is 0.228 e. The Morgan fingerprint density at radius 3 is 2.89 bits per heavy atom. The van der Waals surface area contributed by atoms with E-state index in [2.05, 4.69) is 27.2 Å². The van der Waals surface area contributed by atoms with Crippen molar-refractivity contribution in [3.63, 3.8) is 0 Å². The van der Waals surface area contributed by atoms with Crippen molar-refractivity contribution in [2.24, 2.45) is 0 Å². The molecule has 2 rings (SSSR count). The Hall–Kier alpha value is -1.89. The number of nitrogens with one attached hydrogen (secondary N) is 1. The molecule has 2 aromatic heterocycles. The molecule has 19 heavy (non-hydrogen) atoms. The van der Waals surface area contributed by atoms with E-state index in [0.717, 1.165) is 11.5 Å². The number of ether oxygens (including phenoxy) is 1. The van der Waals surface area contributed by atoms with Gasteiger partial charge in [0.1, 0.15) is 12.4 Å². The molecule has 102 valence electrons. The highest BCUT2D eigenvalue weighted by atomic mass is 32.1. The van der Waals surface area contributed by atoms with Crippen molar-refractivity contribution in [3.05, 3.63) is 23.3 Å². The molecular formula is C12H17N5OS. The van der Waals surface area contributed by atoms with Crippen LogP contribution in [-0.2, 0) is 0 Å². The van der Waals surface area contributed by atoms with Crippen LogP contribution in [0.5, 0.6) is 5.06 Å². The fourth-order valence-corrected chi connectivity index (χ4v) is 2.12. The Bertz CT molecular complexity index is 497. The van der Waals surface area contributed by atoms with Crippen LogP contribution in [0.4, 0.5) is 11.9 Å². The normalized spacial score (nSPS) is 12.1. The molecule has 0 aromatic carbocycles. The summed E-state index contributed by atoms with van der Waals surface area (Å²) in [5.41, 5.74) is 5.60. The minimum Gasteiger partial charge on any atom is -0.482 e. The Morgan fingerprint density at radius 2 is 2.26 bits per heavy atom. The Morgan fingerprint density at radius 1 is 1.42 bits per heavy atom. The van der Waals surface area contributed by atoms with Gasteiger partial charge in [0.15, 0.2) is 5.06 Å². The molecule has 6 nitrogen and oxygen atoms in total. The number of thiophene rings is 1. The van der Waals surface area contributed by atoms with E-state index in [4.69, 9.17) is 10.5 Å². The van der Waals surface area contributed by atoms with E-state index < -0.39 is 0 Å². The van der Waals surface area contributed by atoms with Gasteiger partial charge in [-0.3, -0.25) is 0 Å². The van der Waals surface area contributed by atoms with Gasteiger partial charge in [-0.1, -0.05) is 6.92 Å². The molecule has 1 unspecified atom stereocenters. The predicted octanol–water partition coefficient (Wildman–Crippen LogP) is 2.09. The summed E-state index contributed by atoms with van der Waals surface area (Å²) in [4.78, 5) is 12.2. The Balaban J connectivity index is 1.94. The molecule has 2 heterocycles. The summed E-state index contributed by atoms with van der Waals surface area (Å²) in [6.45, 7) is 4.42. The number of anilines is 2. The van der Waals surface area contributed by atoms with Crippen molar-refractivity contribution < 1.29 is 4.74 Å². The van der Waals surface area contributed by atoms with Crippen molar-refractivity contribution in [1.82, 2.24) is 15.0 Å². The van der Waals surface area contributed by atoms with Gasteiger partial charge in [0.05, 0.1) is 6.04 Å². The lowest BCUT2D eigenvalue weighted by Gasteiger charge is -2.17. The van der Waals surface area contributed by atoms with Gasteiger partial charge >= 0.3 is 0 Å². The third-order valence-electron chi connectivity index (χ3n) is 2.51.